The average Bonchev–Trinajstić information content (AvgIpc) is 2.85. The fourth-order valence-corrected chi connectivity index (χ4v) is 4.56. The minimum atomic E-state index is -0.0707. The highest BCUT2D eigenvalue weighted by Crippen LogP contribution is 2.34. The molecule has 1 saturated heterocycles. The predicted octanol–water partition coefficient (Wildman–Crippen LogP) is 5.68. The quantitative estimate of drug-likeness (QED) is 0.396. The fraction of sp³-hybridized carbons (Fsp3) is 0.320. The van der Waals surface area contributed by atoms with E-state index in [9.17, 15) is 4.79 Å². The molecule has 1 amide bonds. The van der Waals surface area contributed by atoms with E-state index in [1.807, 2.05) is 24.3 Å². The Hall–Kier alpha value is -2.61. The zero-order valence-electron chi connectivity index (χ0n) is 18.4. The molecule has 1 N–H and O–H groups in total. The van der Waals surface area contributed by atoms with E-state index in [4.69, 9.17) is 16.3 Å². The van der Waals surface area contributed by atoms with Crippen molar-refractivity contribution < 1.29 is 9.53 Å². The maximum atomic E-state index is 12.4. The Bertz CT molecular complexity index is 1040. The number of ether oxygens (including phenoxy) is 1. The number of carbonyl (C=O) groups excluding carboxylic acids is 1. The number of rotatable bonds is 9. The molecule has 0 aliphatic carbocycles. The van der Waals surface area contributed by atoms with Crippen LogP contribution in [0.5, 0.6) is 11.6 Å². The lowest BCUT2D eigenvalue weighted by Gasteiger charge is -2.26. The van der Waals surface area contributed by atoms with Gasteiger partial charge in [-0.15, -0.1) is 0 Å². The van der Waals surface area contributed by atoms with Gasteiger partial charge >= 0.3 is 0 Å². The van der Waals surface area contributed by atoms with Gasteiger partial charge in [0.2, 0.25) is 0 Å². The van der Waals surface area contributed by atoms with Crippen LogP contribution < -0.4 is 10.1 Å². The summed E-state index contributed by atoms with van der Waals surface area (Å²) < 4.78 is 5.95. The summed E-state index contributed by atoms with van der Waals surface area (Å²) in [5.41, 5.74) is 0.607. The number of halogens is 1. The largest absolute Gasteiger partial charge is 0.437 e. The predicted molar refractivity (Wildman–Crippen MR) is 131 cm³/mol. The molecule has 3 aromatic rings. The minimum Gasteiger partial charge on any atom is -0.437 e. The van der Waals surface area contributed by atoms with Crippen molar-refractivity contribution in [2.45, 2.75) is 35.6 Å². The number of likely N-dealkylation sites (tertiary alicyclic amines) is 1. The van der Waals surface area contributed by atoms with Gasteiger partial charge in [0.15, 0.2) is 5.03 Å². The van der Waals surface area contributed by atoms with Crippen molar-refractivity contribution in [3.05, 3.63) is 71.5 Å². The Morgan fingerprint density at radius 1 is 1.00 bits per heavy atom. The molecule has 0 unspecified atom stereocenters. The van der Waals surface area contributed by atoms with Gasteiger partial charge in [-0.2, -0.15) is 0 Å². The molecular formula is C25H27ClN4O2S. The van der Waals surface area contributed by atoms with Crippen molar-refractivity contribution >= 4 is 29.3 Å². The maximum absolute atomic E-state index is 12.4. The van der Waals surface area contributed by atoms with E-state index < -0.39 is 0 Å². The Morgan fingerprint density at radius 3 is 2.48 bits per heavy atom. The summed E-state index contributed by atoms with van der Waals surface area (Å²) in [5.74, 6) is 0.932. The maximum Gasteiger partial charge on any atom is 0.252 e. The van der Waals surface area contributed by atoms with Crippen LogP contribution in [0.15, 0.2) is 70.8 Å². The van der Waals surface area contributed by atoms with Gasteiger partial charge in [-0.1, -0.05) is 29.8 Å². The number of benzene rings is 2. The highest BCUT2D eigenvalue weighted by molar-refractivity contribution is 7.99. The highest BCUT2D eigenvalue weighted by Gasteiger charge is 2.12. The number of amides is 1. The second-order valence-electron chi connectivity index (χ2n) is 7.86. The van der Waals surface area contributed by atoms with Crippen molar-refractivity contribution in [3.63, 3.8) is 0 Å². The van der Waals surface area contributed by atoms with E-state index in [0.717, 1.165) is 17.9 Å². The number of aromatic nitrogens is 2. The number of hydrogen-bond donors (Lipinski definition) is 1. The number of nitrogens with zero attached hydrogens (tertiary/aromatic N) is 3. The molecule has 0 saturated carbocycles. The van der Waals surface area contributed by atoms with Crippen LogP contribution in [0.1, 0.15) is 36.0 Å². The molecule has 1 aliphatic heterocycles. The van der Waals surface area contributed by atoms with E-state index in [1.54, 1.807) is 36.7 Å². The molecule has 1 aliphatic rings. The molecule has 6 nitrogen and oxygen atoms in total. The van der Waals surface area contributed by atoms with Crippen molar-refractivity contribution in [2.24, 2.45) is 0 Å². The molecule has 172 valence electrons. The monoisotopic (exact) mass is 482 g/mol. The summed E-state index contributed by atoms with van der Waals surface area (Å²) >= 11 is 7.41. The molecule has 33 heavy (non-hydrogen) atoms. The third kappa shape index (κ3) is 7.19. The van der Waals surface area contributed by atoms with Crippen LogP contribution in [-0.2, 0) is 0 Å². The van der Waals surface area contributed by atoms with Gasteiger partial charge in [0.25, 0.3) is 11.8 Å². The molecular weight excluding hydrogens is 456 g/mol. The van der Waals surface area contributed by atoms with Crippen LogP contribution in [0.25, 0.3) is 0 Å². The smallest absolute Gasteiger partial charge is 0.252 e. The van der Waals surface area contributed by atoms with Crippen LogP contribution in [0, 0.1) is 0 Å². The first-order chi connectivity index (χ1) is 16.2. The molecule has 2 heterocycles. The number of carbonyl (C=O) groups is 1. The molecule has 0 spiro atoms. The van der Waals surface area contributed by atoms with E-state index in [1.165, 1.54) is 44.1 Å². The Balaban J connectivity index is 1.29. The van der Waals surface area contributed by atoms with Crippen LogP contribution in [0.4, 0.5) is 0 Å². The van der Waals surface area contributed by atoms with Crippen LogP contribution in [0.2, 0.25) is 5.02 Å². The lowest BCUT2D eigenvalue weighted by Crippen LogP contribution is -2.33. The van der Waals surface area contributed by atoms with Gasteiger partial charge in [-0.05, 0) is 87.4 Å². The van der Waals surface area contributed by atoms with Gasteiger partial charge in [0.05, 0.1) is 0 Å². The molecule has 8 heteroatoms. The van der Waals surface area contributed by atoms with Gasteiger partial charge < -0.3 is 15.0 Å². The highest BCUT2D eigenvalue weighted by atomic mass is 35.5. The minimum absolute atomic E-state index is 0.0707. The number of nitrogens with one attached hydrogen (secondary N) is 1. The van der Waals surface area contributed by atoms with E-state index in [0.29, 0.717) is 33.8 Å². The van der Waals surface area contributed by atoms with E-state index in [2.05, 4.69) is 20.2 Å². The first-order valence-corrected chi connectivity index (χ1v) is 12.4. The topological polar surface area (TPSA) is 67.4 Å². The van der Waals surface area contributed by atoms with E-state index in [-0.39, 0.29) is 5.91 Å². The molecule has 1 aromatic heterocycles. The lowest BCUT2D eigenvalue weighted by molar-refractivity contribution is 0.0951. The zero-order valence-corrected chi connectivity index (χ0v) is 19.9. The molecule has 0 bridgehead atoms. The molecule has 0 radical (unpaired) electrons. The first kappa shape index (κ1) is 23.5. The Morgan fingerprint density at radius 2 is 1.73 bits per heavy atom. The lowest BCUT2D eigenvalue weighted by atomic mass is 10.1. The Labute approximate surface area is 203 Å². The second kappa shape index (κ2) is 12.0. The van der Waals surface area contributed by atoms with Crippen LogP contribution >= 0.6 is 23.4 Å². The first-order valence-electron chi connectivity index (χ1n) is 11.2. The third-order valence-electron chi connectivity index (χ3n) is 5.38. The van der Waals surface area contributed by atoms with Crippen molar-refractivity contribution in [1.82, 2.24) is 20.2 Å². The molecule has 1 fully saturated rings. The zero-order chi connectivity index (χ0) is 22.9. The number of piperidine rings is 1. The molecule has 2 aromatic carbocycles. The Kier molecular flexibility index (Phi) is 8.58. The van der Waals surface area contributed by atoms with Crippen LogP contribution in [-0.4, -0.2) is 47.0 Å². The summed E-state index contributed by atoms with van der Waals surface area (Å²) in [6.07, 6.45) is 8.10. The van der Waals surface area contributed by atoms with Crippen molar-refractivity contribution in [3.8, 4) is 11.6 Å². The van der Waals surface area contributed by atoms with E-state index >= 15 is 0 Å². The standard InChI is InChI=1S/C25H27ClN4O2S/c26-20-7-11-22(12-8-20)33-25-24(28-14-15-29-25)32-21-9-5-19(6-10-21)23(31)27-13-4-18-30-16-2-1-3-17-30/h5-12,14-15H,1-4,13,16-18H2,(H,27,31). The number of hydrogen-bond acceptors (Lipinski definition) is 6. The summed E-state index contributed by atoms with van der Waals surface area (Å²) in [7, 11) is 0. The normalized spacial score (nSPS) is 14.1. The van der Waals surface area contributed by atoms with Gasteiger partial charge in [0, 0.05) is 34.4 Å². The average molecular weight is 483 g/mol. The second-order valence-corrected chi connectivity index (χ2v) is 9.36. The fourth-order valence-electron chi connectivity index (χ4n) is 3.64. The van der Waals surface area contributed by atoms with Gasteiger partial charge in [-0.25, -0.2) is 9.97 Å². The van der Waals surface area contributed by atoms with Gasteiger partial charge in [0.1, 0.15) is 5.75 Å². The van der Waals surface area contributed by atoms with Crippen molar-refractivity contribution in [2.75, 3.05) is 26.2 Å². The molecule has 0 atom stereocenters. The summed E-state index contributed by atoms with van der Waals surface area (Å²) in [6.45, 7) is 4.09. The van der Waals surface area contributed by atoms with Crippen LogP contribution in [0.3, 0.4) is 0 Å². The van der Waals surface area contributed by atoms with Gasteiger partial charge in [-0.3, -0.25) is 4.79 Å². The summed E-state index contributed by atoms with van der Waals surface area (Å²) in [4.78, 5) is 24.6. The summed E-state index contributed by atoms with van der Waals surface area (Å²) in [6, 6.07) is 14.6. The SMILES string of the molecule is O=C(NCCCN1CCCCC1)c1ccc(Oc2nccnc2Sc2ccc(Cl)cc2)cc1. The molecule has 4 rings (SSSR count). The third-order valence-corrected chi connectivity index (χ3v) is 6.61. The summed E-state index contributed by atoms with van der Waals surface area (Å²) in [5, 5.41) is 4.34. The van der Waals surface area contributed by atoms with Crippen molar-refractivity contribution in [1.29, 1.82) is 0 Å².